The van der Waals surface area contributed by atoms with Gasteiger partial charge in [-0.15, -0.1) is 0 Å². The van der Waals surface area contributed by atoms with E-state index in [0.717, 1.165) is 18.9 Å². The summed E-state index contributed by atoms with van der Waals surface area (Å²) in [6.07, 6.45) is 7.37. The fourth-order valence-corrected chi connectivity index (χ4v) is 1.35. The minimum atomic E-state index is -0.947. The van der Waals surface area contributed by atoms with Crippen LogP contribution in [0.15, 0.2) is 42.2 Å². The van der Waals surface area contributed by atoms with E-state index in [1.807, 2.05) is 12.2 Å². The van der Waals surface area contributed by atoms with Crippen molar-refractivity contribution in [2.75, 3.05) is 0 Å². The normalized spacial score (nSPS) is 14.9. The van der Waals surface area contributed by atoms with Gasteiger partial charge in [0.2, 0.25) is 5.82 Å². The molecule has 0 spiro atoms. The molecule has 0 amide bonds. The first kappa shape index (κ1) is 9.90. The van der Waals surface area contributed by atoms with E-state index in [1.165, 1.54) is 12.1 Å². The molecule has 2 rings (SSSR count). The summed E-state index contributed by atoms with van der Waals surface area (Å²) in [7, 11) is 0. The lowest BCUT2D eigenvalue weighted by atomic mass is 10.2. The van der Waals surface area contributed by atoms with Gasteiger partial charge in [0, 0.05) is 0 Å². The first-order chi connectivity index (χ1) is 7.27. The molecule has 1 nitrogen and oxygen atoms in total. The van der Waals surface area contributed by atoms with Gasteiger partial charge < -0.3 is 4.74 Å². The maximum Gasteiger partial charge on any atom is 0.201 e. The summed E-state index contributed by atoms with van der Waals surface area (Å²) in [6.45, 7) is 0. The Hall–Kier alpha value is -1.64. The topological polar surface area (TPSA) is 9.23 Å². The van der Waals surface area contributed by atoms with Gasteiger partial charge in [0.25, 0.3) is 0 Å². The fourth-order valence-electron chi connectivity index (χ4n) is 1.35. The molecule has 0 aliphatic heterocycles. The summed E-state index contributed by atoms with van der Waals surface area (Å²) in [5.41, 5.74) is 0. The largest absolute Gasteiger partial charge is 0.455 e. The van der Waals surface area contributed by atoms with Gasteiger partial charge in [0.1, 0.15) is 5.76 Å². The van der Waals surface area contributed by atoms with Gasteiger partial charge in [-0.3, -0.25) is 0 Å². The second-order valence-corrected chi connectivity index (χ2v) is 3.24. The molecule has 78 valence electrons. The highest BCUT2D eigenvalue weighted by Gasteiger charge is 2.10. The zero-order valence-electron chi connectivity index (χ0n) is 8.04. The maximum atomic E-state index is 13.2. The van der Waals surface area contributed by atoms with Gasteiger partial charge in [-0.2, -0.15) is 4.39 Å². The number of halogens is 2. The number of benzene rings is 1. The lowest BCUT2D eigenvalue weighted by Gasteiger charge is -2.10. The molecule has 15 heavy (non-hydrogen) atoms. The summed E-state index contributed by atoms with van der Waals surface area (Å²) in [5.74, 6) is -1.36. The minimum absolute atomic E-state index is 0.0761. The molecule has 0 bridgehead atoms. The fraction of sp³-hybridized carbons (Fsp3) is 0.167. The van der Waals surface area contributed by atoms with E-state index in [4.69, 9.17) is 4.74 Å². The first-order valence-electron chi connectivity index (χ1n) is 4.76. The van der Waals surface area contributed by atoms with Crippen LogP contribution in [0.25, 0.3) is 0 Å². The van der Waals surface area contributed by atoms with Gasteiger partial charge in [-0.25, -0.2) is 4.39 Å². The predicted molar refractivity (Wildman–Crippen MR) is 53.4 cm³/mol. The molecule has 0 atom stereocenters. The highest BCUT2D eigenvalue weighted by Crippen LogP contribution is 2.23. The number of ether oxygens (including phenoxy) is 1. The predicted octanol–water partition coefficient (Wildman–Crippen LogP) is 3.58. The second-order valence-electron chi connectivity index (χ2n) is 3.24. The van der Waals surface area contributed by atoms with E-state index in [2.05, 4.69) is 0 Å². The van der Waals surface area contributed by atoms with Crippen molar-refractivity contribution in [2.24, 2.45) is 0 Å². The van der Waals surface area contributed by atoms with Crippen LogP contribution in [0.1, 0.15) is 12.8 Å². The summed E-state index contributed by atoms with van der Waals surface area (Å²) in [6, 6.07) is 3.88. The number of rotatable bonds is 2. The monoisotopic (exact) mass is 208 g/mol. The zero-order valence-corrected chi connectivity index (χ0v) is 8.04. The van der Waals surface area contributed by atoms with E-state index < -0.39 is 11.6 Å². The third-order valence-electron chi connectivity index (χ3n) is 2.10. The van der Waals surface area contributed by atoms with Crippen LogP contribution in [0.5, 0.6) is 5.75 Å². The minimum Gasteiger partial charge on any atom is -0.455 e. The Bertz CT molecular complexity index is 422. The Kier molecular flexibility index (Phi) is 2.81. The summed E-state index contributed by atoms with van der Waals surface area (Å²) in [4.78, 5) is 0. The molecule has 1 aromatic carbocycles. The van der Waals surface area contributed by atoms with Gasteiger partial charge in [0.15, 0.2) is 11.6 Å². The molecular weight excluding hydrogens is 198 g/mol. The molecule has 1 aliphatic rings. The van der Waals surface area contributed by atoms with E-state index in [9.17, 15) is 8.78 Å². The number of allylic oxidation sites excluding steroid dienone is 3. The van der Waals surface area contributed by atoms with Crippen molar-refractivity contribution in [1.82, 2.24) is 0 Å². The van der Waals surface area contributed by atoms with Crippen LogP contribution < -0.4 is 4.74 Å². The SMILES string of the molecule is Fc1cccc(OC2=CCCC=C2)c1F. The van der Waals surface area contributed by atoms with Gasteiger partial charge in [-0.05, 0) is 37.1 Å². The van der Waals surface area contributed by atoms with Gasteiger partial charge >= 0.3 is 0 Å². The third-order valence-corrected chi connectivity index (χ3v) is 2.10. The first-order valence-corrected chi connectivity index (χ1v) is 4.76. The highest BCUT2D eigenvalue weighted by molar-refractivity contribution is 5.29. The highest BCUT2D eigenvalue weighted by atomic mass is 19.2. The quantitative estimate of drug-likeness (QED) is 0.721. The Morgan fingerprint density at radius 2 is 2.00 bits per heavy atom. The zero-order chi connectivity index (χ0) is 10.7. The van der Waals surface area contributed by atoms with Crippen LogP contribution in [0.2, 0.25) is 0 Å². The van der Waals surface area contributed by atoms with Crippen LogP contribution in [-0.2, 0) is 0 Å². The lowest BCUT2D eigenvalue weighted by Crippen LogP contribution is -1.98. The van der Waals surface area contributed by atoms with E-state index >= 15 is 0 Å². The smallest absolute Gasteiger partial charge is 0.201 e. The molecule has 1 aromatic rings. The molecule has 0 saturated heterocycles. The average Bonchev–Trinajstić information content (AvgIpc) is 2.26. The van der Waals surface area contributed by atoms with Crippen molar-refractivity contribution >= 4 is 0 Å². The Labute approximate surface area is 86.7 Å². The average molecular weight is 208 g/mol. The summed E-state index contributed by atoms with van der Waals surface area (Å²) >= 11 is 0. The molecule has 0 fully saturated rings. The number of hydrogen-bond donors (Lipinski definition) is 0. The van der Waals surface area contributed by atoms with Crippen molar-refractivity contribution in [3.05, 3.63) is 53.8 Å². The maximum absolute atomic E-state index is 13.2. The Morgan fingerprint density at radius 1 is 1.13 bits per heavy atom. The van der Waals surface area contributed by atoms with Crippen molar-refractivity contribution in [1.29, 1.82) is 0 Å². The van der Waals surface area contributed by atoms with Crippen LogP contribution in [0, 0.1) is 11.6 Å². The van der Waals surface area contributed by atoms with Crippen LogP contribution in [0.4, 0.5) is 8.78 Å². The standard InChI is InChI=1S/C12H10F2O/c13-10-7-4-8-11(12(10)14)15-9-5-2-1-3-6-9/h2,4-8H,1,3H2. The third kappa shape index (κ3) is 2.24. The molecule has 0 radical (unpaired) electrons. The molecular formula is C12H10F2O. The molecule has 0 heterocycles. The van der Waals surface area contributed by atoms with Gasteiger partial charge in [-0.1, -0.05) is 12.1 Å². The number of hydrogen-bond acceptors (Lipinski definition) is 1. The Balaban J connectivity index is 2.20. The molecule has 0 N–H and O–H groups in total. The van der Waals surface area contributed by atoms with Crippen LogP contribution in [0.3, 0.4) is 0 Å². The van der Waals surface area contributed by atoms with E-state index in [0.29, 0.717) is 5.76 Å². The second kappa shape index (κ2) is 4.26. The summed E-state index contributed by atoms with van der Waals surface area (Å²) in [5, 5.41) is 0. The van der Waals surface area contributed by atoms with E-state index in [-0.39, 0.29) is 5.75 Å². The van der Waals surface area contributed by atoms with Gasteiger partial charge in [0.05, 0.1) is 0 Å². The van der Waals surface area contributed by atoms with Crippen molar-refractivity contribution in [3.63, 3.8) is 0 Å². The van der Waals surface area contributed by atoms with Crippen LogP contribution in [-0.4, -0.2) is 0 Å². The van der Waals surface area contributed by atoms with E-state index in [1.54, 1.807) is 6.08 Å². The Morgan fingerprint density at radius 3 is 2.73 bits per heavy atom. The molecule has 1 aliphatic carbocycles. The van der Waals surface area contributed by atoms with Crippen molar-refractivity contribution in [2.45, 2.75) is 12.8 Å². The molecule has 0 saturated carbocycles. The molecule has 3 heteroatoms. The summed E-state index contributed by atoms with van der Waals surface area (Å²) < 4.78 is 31.3. The lowest BCUT2D eigenvalue weighted by molar-refractivity contribution is 0.390. The molecule has 0 aromatic heterocycles. The van der Waals surface area contributed by atoms with Crippen LogP contribution >= 0.6 is 0 Å². The molecule has 0 unspecified atom stereocenters. The van der Waals surface area contributed by atoms with Crippen molar-refractivity contribution < 1.29 is 13.5 Å². The van der Waals surface area contributed by atoms with Crippen molar-refractivity contribution in [3.8, 4) is 5.75 Å².